The summed E-state index contributed by atoms with van der Waals surface area (Å²) in [6.45, 7) is 5.32. The van der Waals surface area contributed by atoms with Crippen LogP contribution in [0.2, 0.25) is 0 Å². The molecule has 1 N–H and O–H groups in total. The number of nitro groups is 2. The molecule has 138 valence electrons. The van der Waals surface area contributed by atoms with Crippen LogP contribution in [0.4, 0.5) is 16.5 Å². The van der Waals surface area contributed by atoms with Crippen LogP contribution in [0, 0.1) is 27.2 Å². The van der Waals surface area contributed by atoms with E-state index in [2.05, 4.69) is 15.5 Å². The van der Waals surface area contributed by atoms with Crippen LogP contribution in [0.15, 0.2) is 12.1 Å². The molecule has 0 aliphatic carbocycles. The Morgan fingerprint density at radius 2 is 1.69 bits per heavy atom. The Hall–Kier alpha value is -2.95. The lowest BCUT2D eigenvalue weighted by Crippen LogP contribution is -2.13. The molecule has 0 saturated carbocycles. The van der Waals surface area contributed by atoms with Gasteiger partial charge in [-0.05, 0) is 19.8 Å². The maximum absolute atomic E-state index is 12.4. The maximum atomic E-state index is 12.4. The first kappa shape index (κ1) is 19.4. The van der Waals surface area contributed by atoms with Crippen molar-refractivity contribution in [2.75, 3.05) is 5.32 Å². The van der Waals surface area contributed by atoms with Gasteiger partial charge in [0.1, 0.15) is 10.6 Å². The lowest BCUT2D eigenvalue weighted by atomic mass is 10.1. The summed E-state index contributed by atoms with van der Waals surface area (Å²) in [5.41, 5.74) is -1.27. The number of aromatic nitrogens is 2. The molecular weight excluding hydrogens is 362 g/mol. The van der Waals surface area contributed by atoms with Gasteiger partial charge in [0.25, 0.3) is 17.3 Å². The fourth-order valence-corrected chi connectivity index (χ4v) is 3.46. The van der Waals surface area contributed by atoms with Crippen LogP contribution in [0.5, 0.6) is 0 Å². The van der Waals surface area contributed by atoms with Crippen molar-refractivity contribution in [1.82, 2.24) is 10.2 Å². The van der Waals surface area contributed by atoms with E-state index < -0.39 is 27.1 Å². The highest BCUT2D eigenvalue weighted by molar-refractivity contribution is 7.15. The van der Waals surface area contributed by atoms with Crippen LogP contribution >= 0.6 is 11.3 Å². The van der Waals surface area contributed by atoms with E-state index >= 15 is 0 Å². The second-order valence-electron chi connectivity index (χ2n) is 5.57. The van der Waals surface area contributed by atoms with Gasteiger partial charge in [-0.2, -0.15) is 0 Å². The van der Waals surface area contributed by atoms with E-state index in [1.54, 1.807) is 0 Å². The number of carbonyl (C=O) groups is 1. The first-order valence-corrected chi connectivity index (χ1v) is 8.68. The van der Waals surface area contributed by atoms with Gasteiger partial charge in [-0.3, -0.25) is 30.3 Å². The van der Waals surface area contributed by atoms with Crippen LogP contribution in [-0.4, -0.2) is 26.0 Å². The Bertz CT molecular complexity index is 827. The summed E-state index contributed by atoms with van der Waals surface area (Å²) in [6.07, 6.45) is 1.77. The number of nitrogens with zero attached hydrogens (tertiary/aromatic N) is 4. The van der Waals surface area contributed by atoms with Crippen molar-refractivity contribution in [3.63, 3.8) is 0 Å². The number of rotatable bonds is 7. The van der Waals surface area contributed by atoms with Crippen molar-refractivity contribution in [2.24, 2.45) is 0 Å². The van der Waals surface area contributed by atoms with Crippen LogP contribution in [0.3, 0.4) is 0 Å². The molecule has 1 heterocycles. The lowest BCUT2D eigenvalue weighted by Gasteiger charge is -2.06. The number of carbonyl (C=O) groups excluding carboxylic acids is 1. The molecule has 1 amide bonds. The van der Waals surface area contributed by atoms with E-state index in [4.69, 9.17) is 0 Å². The molecular formula is C15H17N5O5S. The third-order valence-electron chi connectivity index (χ3n) is 4.00. The smallest absolute Gasteiger partial charge is 0.279 e. The van der Waals surface area contributed by atoms with Gasteiger partial charge in [0.05, 0.1) is 15.4 Å². The third-order valence-corrected chi connectivity index (χ3v) is 5.01. The van der Waals surface area contributed by atoms with E-state index in [0.29, 0.717) is 0 Å². The van der Waals surface area contributed by atoms with Crippen molar-refractivity contribution in [2.45, 2.75) is 39.5 Å². The topological polar surface area (TPSA) is 141 Å². The fourth-order valence-electron chi connectivity index (χ4n) is 2.45. The Balaban J connectivity index is 2.32. The van der Waals surface area contributed by atoms with Crippen molar-refractivity contribution in [3.8, 4) is 0 Å². The standard InChI is InChI=1S/C15H17N5O5S/c1-4-9(5-2)14-17-18-15(26-14)16-13(21)10-6-11(19(22)23)8(3)12(7-10)20(24)25/h6-7,9H,4-5H2,1-3H3,(H,16,18,21). The minimum absolute atomic E-state index is 0.108. The summed E-state index contributed by atoms with van der Waals surface area (Å²) in [4.78, 5) is 33.1. The van der Waals surface area contributed by atoms with Crippen LogP contribution in [0.1, 0.15) is 53.5 Å². The SMILES string of the molecule is CCC(CC)c1nnc(NC(=O)c2cc([N+](=O)[O-])c(C)c([N+](=O)[O-])c2)s1. The van der Waals surface area contributed by atoms with Crippen molar-refractivity contribution < 1.29 is 14.6 Å². The molecule has 0 aliphatic rings. The van der Waals surface area contributed by atoms with Gasteiger partial charge in [-0.15, -0.1) is 10.2 Å². The highest BCUT2D eigenvalue weighted by Crippen LogP contribution is 2.31. The molecule has 0 aliphatic heterocycles. The molecule has 1 aromatic carbocycles. The summed E-state index contributed by atoms with van der Waals surface area (Å²) in [5, 5.41) is 33.7. The summed E-state index contributed by atoms with van der Waals surface area (Å²) in [7, 11) is 0. The van der Waals surface area contributed by atoms with E-state index in [1.807, 2.05) is 13.8 Å². The number of hydrogen-bond acceptors (Lipinski definition) is 8. The molecule has 0 saturated heterocycles. The average Bonchev–Trinajstić information content (AvgIpc) is 3.03. The van der Waals surface area contributed by atoms with Gasteiger partial charge < -0.3 is 0 Å². The molecule has 26 heavy (non-hydrogen) atoms. The number of amides is 1. The molecule has 0 unspecified atom stereocenters. The molecule has 11 heteroatoms. The van der Waals surface area contributed by atoms with Gasteiger partial charge in [-0.1, -0.05) is 25.2 Å². The number of anilines is 1. The van der Waals surface area contributed by atoms with Gasteiger partial charge in [0.2, 0.25) is 5.13 Å². The molecule has 10 nitrogen and oxygen atoms in total. The van der Waals surface area contributed by atoms with Gasteiger partial charge in [0, 0.05) is 18.1 Å². The van der Waals surface area contributed by atoms with Crippen LogP contribution in [0.25, 0.3) is 0 Å². The normalized spacial score (nSPS) is 10.8. The monoisotopic (exact) mass is 379 g/mol. The molecule has 2 aromatic rings. The predicted molar refractivity (Wildman–Crippen MR) is 95.7 cm³/mol. The highest BCUT2D eigenvalue weighted by Gasteiger charge is 2.26. The Kier molecular flexibility index (Phi) is 5.93. The zero-order valence-corrected chi connectivity index (χ0v) is 15.2. The lowest BCUT2D eigenvalue weighted by molar-refractivity contribution is -0.395. The Morgan fingerprint density at radius 3 is 2.15 bits per heavy atom. The maximum Gasteiger partial charge on any atom is 0.279 e. The summed E-state index contributed by atoms with van der Waals surface area (Å²) < 4.78 is 0. The fraction of sp³-hybridized carbons (Fsp3) is 0.400. The van der Waals surface area contributed by atoms with Gasteiger partial charge in [-0.25, -0.2) is 0 Å². The highest BCUT2D eigenvalue weighted by atomic mass is 32.1. The summed E-state index contributed by atoms with van der Waals surface area (Å²) >= 11 is 1.22. The molecule has 0 atom stereocenters. The van der Waals surface area contributed by atoms with Crippen LogP contribution in [-0.2, 0) is 0 Å². The van der Waals surface area contributed by atoms with Crippen molar-refractivity contribution in [1.29, 1.82) is 0 Å². The molecule has 0 spiro atoms. The zero-order valence-electron chi connectivity index (χ0n) is 14.4. The molecule has 1 aromatic heterocycles. The first-order chi connectivity index (χ1) is 12.3. The van der Waals surface area contributed by atoms with Gasteiger partial charge >= 0.3 is 0 Å². The summed E-state index contributed by atoms with van der Waals surface area (Å²) in [5.74, 6) is -0.483. The zero-order chi connectivity index (χ0) is 19.4. The Morgan fingerprint density at radius 1 is 1.15 bits per heavy atom. The second kappa shape index (κ2) is 7.95. The predicted octanol–water partition coefficient (Wildman–Crippen LogP) is 3.82. The molecule has 0 radical (unpaired) electrons. The van der Waals surface area contributed by atoms with E-state index in [9.17, 15) is 25.0 Å². The summed E-state index contributed by atoms with van der Waals surface area (Å²) in [6, 6.07) is 2.03. The van der Waals surface area contributed by atoms with Crippen molar-refractivity contribution in [3.05, 3.63) is 48.5 Å². The minimum Gasteiger partial charge on any atom is -0.296 e. The average molecular weight is 379 g/mol. The van der Waals surface area contributed by atoms with Crippen LogP contribution < -0.4 is 5.32 Å². The molecule has 0 bridgehead atoms. The van der Waals surface area contributed by atoms with Crippen molar-refractivity contribution >= 4 is 33.8 Å². The quantitative estimate of drug-likeness (QED) is 0.569. The van der Waals surface area contributed by atoms with Gasteiger partial charge in [0.15, 0.2) is 0 Å². The van der Waals surface area contributed by atoms with E-state index in [1.165, 1.54) is 18.3 Å². The van der Waals surface area contributed by atoms with E-state index in [-0.39, 0.29) is 22.2 Å². The number of nitro benzene ring substituents is 2. The van der Waals surface area contributed by atoms with E-state index in [0.717, 1.165) is 30.0 Å². The second-order valence-corrected chi connectivity index (χ2v) is 6.58. The number of nitrogens with one attached hydrogen (secondary N) is 1. The number of hydrogen-bond donors (Lipinski definition) is 1. The largest absolute Gasteiger partial charge is 0.296 e. The Labute approximate surface area is 152 Å². The first-order valence-electron chi connectivity index (χ1n) is 7.86. The number of benzene rings is 1. The molecule has 0 fully saturated rings. The minimum atomic E-state index is -0.755. The third kappa shape index (κ3) is 3.99. The molecule has 2 rings (SSSR count).